The van der Waals surface area contributed by atoms with Crippen LogP contribution in [0.2, 0.25) is 0 Å². The molecule has 0 aromatic heterocycles. The Kier molecular flexibility index (Phi) is 9.15. The number of carbonyl (C=O) groups excluding carboxylic acids is 3. The van der Waals surface area contributed by atoms with Crippen molar-refractivity contribution in [3.8, 4) is 5.75 Å². The van der Waals surface area contributed by atoms with Gasteiger partial charge in [0.2, 0.25) is 11.8 Å². The van der Waals surface area contributed by atoms with Crippen LogP contribution in [-0.4, -0.2) is 61.1 Å². The first-order valence-electron chi connectivity index (χ1n) is 11.9. The molecular formula is C25H36N4O4. The second-order valence-corrected chi connectivity index (χ2v) is 8.89. The molecule has 8 heteroatoms. The first-order chi connectivity index (χ1) is 15.9. The molecule has 2 aliphatic rings. The monoisotopic (exact) mass is 456 g/mol. The number of ether oxygens (including phenoxy) is 1. The number of likely N-dealkylation sites (tertiary alicyclic amines) is 1. The molecule has 4 amide bonds. The highest BCUT2D eigenvalue weighted by molar-refractivity contribution is 5.95. The van der Waals surface area contributed by atoms with E-state index in [9.17, 15) is 14.4 Å². The Hall–Kier alpha value is -3.03. The lowest BCUT2D eigenvalue weighted by molar-refractivity contribution is -0.136. The van der Waals surface area contributed by atoms with Gasteiger partial charge >= 0.3 is 6.03 Å². The van der Waals surface area contributed by atoms with Crippen molar-refractivity contribution in [2.75, 3.05) is 20.2 Å². The van der Waals surface area contributed by atoms with E-state index in [-0.39, 0.29) is 29.9 Å². The minimum absolute atomic E-state index is 0.0648. The number of hydrogen-bond acceptors (Lipinski definition) is 4. The number of benzene rings is 1. The molecule has 8 nitrogen and oxygen atoms in total. The Morgan fingerprint density at radius 1 is 0.970 bits per heavy atom. The second-order valence-electron chi connectivity index (χ2n) is 8.89. The van der Waals surface area contributed by atoms with E-state index in [2.05, 4.69) is 16.0 Å². The van der Waals surface area contributed by atoms with Crippen molar-refractivity contribution in [1.29, 1.82) is 0 Å². The number of nitrogens with one attached hydrogen (secondary N) is 3. The van der Waals surface area contributed by atoms with Gasteiger partial charge in [0.25, 0.3) is 0 Å². The van der Waals surface area contributed by atoms with Gasteiger partial charge in [-0.25, -0.2) is 4.79 Å². The summed E-state index contributed by atoms with van der Waals surface area (Å²) >= 11 is 0. The molecule has 0 bridgehead atoms. The van der Waals surface area contributed by atoms with E-state index in [1.54, 1.807) is 25.0 Å². The largest absolute Gasteiger partial charge is 0.497 e. The van der Waals surface area contributed by atoms with Crippen molar-refractivity contribution in [2.45, 2.75) is 70.0 Å². The quantitative estimate of drug-likeness (QED) is 0.550. The summed E-state index contributed by atoms with van der Waals surface area (Å²) in [5.74, 6) is 0.327. The van der Waals surface area contributed by atoms with Crippen LogP contribution in [0, 0.1) is 0 Å². The summed E-state index contributed by atoms with van der Waals surface area (Å²) in [7, 11) is 1.60. The molecule has 0 radical (unpaired) electrons. The van der Waals surface area contributed by atoms with E-state index in [1.807, 2.05) is 24.3 Å². The third-order valence-corrected chi connectivity index (χ3v) is 6.35. The van der Waals surface area contributed by atoms with Crippen molar-refractivity contribution < 1.29 is 19.1 Å². The first kappa shape index (κ1) is 24.6. The predicted molar refractivity (Wildman–Crippen MR) is 128 cm³/mol. The molecule has 1 heterocycles. The maximum absolute atomic E-state index is 12.7. The maximum atomic E-state index is 12.7. The van der Waals surface area contributed by atoms with Crippen LogP contribution in [0.1, 0.15) is 57.4 Å². The molecule has 1 aromatic rings. The van der Waals surface area contributed by atoms with Gasteiger partial charge in [0.15, 0.2) is 0 Å². The third-order valence-electron chi connectivity index (χ3n) is 6.35. The Bertz CT molecular complexity index is 825. The van der Waals surface area contributed by atoms with E-state index < -0.39 is 6.04 Å². The summed E-state index contributed by atoms with van der Waals surface area (Å²) in [5, 5.41) is 8.87. The number of amides is 4. The van der Waals surface area contributed by atoms with Gasteiger partial charge in [-0.2, -0.15) is 0 Å². The zero-order valence-corrected chi connectivity index (χ0v) is 19.6. The van der Waals surface area contributed by atoms with Crippen molar-refractivity contribution in [3.05, 3.63) is 35.9 Å². The number of piperidine rings is 1. The van der Waals surface area contributed by atoms with Gasteiger partial charge in [0.1, 0.15) is 11.8 Å². The van der Waals surface area contributed by atoms with Crippen LogP contribution in [0.25, 0.3) is 6.08 Å². The number of hydrogen-bond donors (Lipinski definition) is 3. The second kappa shape index (κ2) is 12.3. The molecule has 3 rings (SSSR count). The van der Waals surface area contributed by atoms with Gasteiger partial charge in [-0.1, -0.05) is 31.4 Å². The summed E-state index contributed by atoms with van der Waals surface area (Å²) in [6.07, 6.45) is 10.3. The molecule has 180 valence electrons. The molecule has 1 saturated heterocycles. The first-order valence-corrected chi connectivity index (χ1v) is 11.9. The molecule has 0 spiro atoms. The van der Waals surface area contributed by atoms with Crippen LogP contribution in [0.5, 0.6) is 5.75 Å². The molecular weight excluding hydrogens is 420 g/mol. The fourth-order valence-corrected chi connectivity index (χ4v) is 4.39. The SMILES string of the molecule is COc1ccc(C=CC(=O)NC(C)C(=O)N2CCC(NC(=O)NC3CCCCC3)CC2)cc1. The maximum Gasteiger partial charge on any atom is 0.315 e. The molecule has 1 saturated carbocycles. The van der Waals surface area contributed by atoms with Crippen molar-refractivity contribution in [2.24, 2.45) is 0 Å². The zero-order valence-electron chi connectivity index (χ0n) is 19.6. The standard InChI is InChI=1S/C25H36N4O4/c1-18(26-23(30)13-10-19-8-11-22(33-2)12-9-19)24(31)29-16-14-21(15-17-29)28-25(32)27-20-6-4-3-5-7-20/h8-13,18,20-21H,3-7,14-17H2,1-2H3,(H,26,30)(H2,27,28,32). The third kappa shape index (κ3) is 7.80. The average Bonchev–Trinajstić information content (AvgIpc) is 2.83. The number of nitrogens with zero attached hydrogens (tertiary/aromatic N) is 1. The summed E-state index contributed by atoms with van der Waals surface area (Å²) in [5.41, 5.74) is 0.868. The Balaban J connectivity index is 1.37. The Morgan fingerprint density at radius 2 is 1.58 bits per heavy atom. The molecule has 1 aliphatic carbocycles. The molecule has 2 fully saturated rings. The zero-order chi connectivity index (χ0) is 23.6. The van der Waals surface area contributed by atoms with Crippen LogP contribution < -0.4 is 20.7 Å². The smallest absolute Gasteiger partial charge is 0.315 e. The van der Waals surface area contributed by atoms with Gasteiger partial charge in [0.05, 0.1) is 7.11 Å². The molecule has 3 N–H and O–H groups in total. The Morgan fingerprint density at radius 3 is 2.18 bits per heavy atom. The van der Waals surface area contributed by atoms with E-state index in [1.165, 1.54) is 25.3 Å². The highest BCUT2D eigenvalue weighted by atomic mass is 16.5. The normalized spacial score (nSPS) is 18.5. The lowest BCUT2D eigenvalue weighted by Gasteiger charge is -2.34. The Labute approximate surface area is 196 Å². The van der Waals surface area contributed by atoms with Gasteiger partial charge in [-0.3, -0.25) is 9.59 Å². The molecule has 1 unspecified atom stereocenters. The van der Waals surface area contributed by atoms with Crippen LogP contribution in [0.3, 0.4) is 0 Å². The van der Waals surface area contributed by atoms with Crippen LogP contribution >= 0.6 is 0 Å². The van der Waals surface area contributed by atoms with Gasteiger partial charge < -0.3 is 25.6 Å². The minimum Gasteiger partial charge on any atom is -0.497 e. The van der Waals surface area contributed by atoms with Gasteiger partial charge in [0, 0.05) is 31.2 Å². The van der Waals surface area contributed by atoms with E-state index in [4.69, 9.17) is 4.74 Å². The highest BCUT2D eigenvalue weighted by Gasteiger charge is 2.27. The van der Waals surface area contributed by atoms with Crippen LogP contribution in [0.4, 0.5) is 4.79 Å². The van der Waals surface area contributed by atoms with Gasteiger partial charge in [-0.15, -0.1) is 0 Å². The fraction of sp³-hybridized carbons (Fsp3) is 0.560. The van der Waals surface area contributed by atoms with E-state index in [0.717, 1.165) is 24.2 Å². The number of methoxy groups -OCH3 is 1. The van der Waals surface area contributed by atoms with Crippen LogP contribution in [0.15, 0.2) is 30.3 Å². The topological polar surface area (TPSA) is 99.8 Å². The molecule has 1 atom stereocenters. The summed E-state index contributed by atoms with van der Waals surface area (Å²) in [6, 6.07) is 6.98. The van der Waals surface area contributed by atoms with Crippen LogP contribution in [-0.2, 0) is 9.59 Å². The van der Waals surface area contributed by atoms with E-state index in [0.29, 0.717) is 25.9 Å². The van der Waals surface area contributed by atoms with Gasteiger partial charge in [-0.05, 0) is 56.4 Å². The lowest BCUT2D eigenvalue weighted by atomic mass is 9.96. The van der Waals surface area contributed by atoms with Crippen molar-refractivity contribution in [1.82, 2.24) is 20.9 Å². The summed E-state index contributed by atoms with van der Waals surface area (Å²) < 4.78 is 5.12. The van der Waals surface area contributed by atoms with E-state index >= 15 is 0 Å². The molecule has 1 aliphatic heterocycles. The molecule has 33 heavy (non-hydrogen) atoms. The number of rotatable bonds is 7. The van der Waals surface area contributed by atoms with Crippen molar-refractivity contribution in [3.63, 3.8) is 0 Å². The summed E-state index contributed by atoms with van der Waals surface area (Å²) in [6.45, 7) is 2.83. The average molecular weight is 457 g/mol. The fourth-order valence-electron chi connectivity index (χ4n) is 4.39. The highest BCUT2D eigenvalue weighted by Crippen LogP contribution is 2.18. The number of urea groups is 1. The minimum atomic E-state index is -0.614. The number of carbonyl (C=O) groups is 3. The molecule has 1 aromatic carbocycles. The lowest BCUT2D eigenvalue weighted by Crippen LogP contribution is -2.53. The van der Waals surface area contributed by atoms with Crippen molar-refractivity contribution >= 4 is 23.9 Å². The summed E-state index contributed by atoms with van der Waals surface area (Å²) in [4.78, 5) is 39.0. The predicted octanol–water partition coefficient (Wildman–Crippen LogP) is 2.84.